The van der Waals surface area contributed by atoms with E-state index in [0.717, 1.165) is 64.6 Å². The van der Waals surface area contributed by atoms with E-state index in [1.165, 1.54) is 43.4 Å². The lowest BCUT2D eigenvalue weighted by molar-refractivity contribution is -0.272. The number of rotatable bonds is 3. The Labute approximate surface area is 246 Å². The Morgan fingerprint density at radius 1 is 1.02 bits per heavy atom. The first-order valence-electron chi connectivity index (χ1n) is 16.8. The quantitative estimate of drug-likeness (QED) is 0.224. The number of hydrogen-bond donors (Lipinski definition) is 0. The van der Waals surface area contributed by atoms with Crippen LogP contribution >= 0.6 is 0 Å². The molecule has 0 bridgehead atoms. The van der Waals surface area contributed by atoms with Crippen LogP contribution in [-0.4, -0.2) is 54.5 Å². The maximum atomic E-state index is 12.6. The van der Waals surface area contributed by atoms with Gasteiger partial charge in [0.15, 0.2) is 5.79 Å². The molecule has 6 heteroatoms. The van der Waals surface area contributed by atoms with E-state index in [9.17, 15) is 9.59 Å². The third-order valence-electron chi connectivity index (χ3n) is 13.4. The maximum absolute atomic E-state index is 12.6. The minimum Gasteiger partial charge on any atom is -0.459 e. The number of carbonyl (C=O) groups excluding carboxylic acids is 2. The van der Waals surface area contributed by atoms with Gasteiger partial charge in [0.1, 0.15) is 6.10 Å². The minimum atomic E-state index is -0.380. The number of amides is 1. The van der Waals surface area contributed by atoms with E-state index >= 15 is 0 Å². The average Bonchev–Trinajstić information content (AvgIpc) is 3.65. The molecule has 41 heavy (non-hydrogen) atoms. The number of hydrogen-bond acceptors (Lipinski definition) is 5. The first-order chi connectivity index (χ1) is 19.6. The SMILES string of the molecule is C[C@@H]1CC[C@@]2(OC1)O[C@H]1C[C@H]3[C@@H]4CC=C5C[C@@H](OC(=O)/C=C\C(=O)N6CCCC6)CC[C@]5(C)[C@H]4CC[C@]3(C)[C@H]1[C@@H]2C. The zero-order valence-corrected chi connectivity index (χ0v) is 25.7. The van der Waals surface area contributed by atoms with E-state index in [4.69, 9.17) is 14.2 Å². The highest BCUT2D eigenvalue weighted by atomic mass is 16.7. The van der Waals surface area contributed by atoms with Crippen molar-refractivity contribution in [3.63, 3.8) is 0 Å². The minimum absolute atomic E-state index is 0.0760. The lowest BCUT2D eigenvalue weighted by atomic mass is 9.47. The number of esters is 1. The van der Waals surface area contributed by atoms with Crippen molar-refractivity contribution in [3.8, 4) is 0 Å². The highest BCUT2D eigenvalue weighted by Crippen LogP contribution is 2.70. The lowest BCUT2D eigenvalue weighted by Crippen LogP contribution is -2.52. The number of nitrogens with zero attached hydrogens (tertiary/aromatic N) is 1. The summed E-state index contributed by atoms with van der Waals surface area (Å²) in [4.78, 5) is 26.7. The second-order valence-corrected chi connectivity index (χ2v) is 15.4. The number of allylic oxidation sites excluding steroid dienone is 1. The Kier molecular flexibility index (Phi) is 7.01. The van der Waals surface area contributed by atoms with E-state index < -0.39 is 0 Å². The Balaban J connectivity index is 1.01. The van der Waals surface area contributed by atoms with Gasteiger partial charge in [0.05, 0.1) is 12.7 Å². The zero-order valence-electron chi connectivity index (χ0n) is 25.7. The van der Waals surface area contributed by atoms with Gasteiger partial charge in [-0.15, -0.1) is 0 Å². The summed E-state index contributed by atoms with van der Waals surface area (Å²) in [7, 11) is 0. The van der Waals surface area contributed by atoms with Crippen LogP contribution in [0.15, 0.2) is 23.8 Å². The van der Waals surface area contributed by atoms with Crippen molar-refractivity contribution in [1.29, 1.82) is 0 Å². The standard InChI is InChI=1S/C35H51NO5/c1-22-11-16-35(39-21-22)23(2)32-29(41-35)20-28-26-8-7-24-19-25(12-14-33(24,3)27(26)13-15-34(28,32)4)40-31(38)10-9-30(37)36-17-5-6-18-36/h7,9-10,22-23,25-29,32H,5-6,8,11-21H2,1-4H3/b10-9-/t22-,23+,25+,26-,27+,28+,29+,32+,33+,34+,35-/m1/s1. The van der Waals surface area contributed by atoms with Crippen LogP contribution in [0.1, 0.15) is 98.3 Å². The van der Waals surface area contributed by atoms with Crippen molar-refractivity contribution in [2.75, 3.05) is 19.7 Å². The van der Waals surface area contributed by atoms with Gasteiger partial charge >= 0.3 is 5.97 Å². The molecule has 0 aromatic carbocycles. The lowest BCUT2D eigenvalue weighted by Gasteiger charge is -2.58. The summed E-state index contributed by atoms with van der Waals surface area (Å²) in [5, 5.41) is 0. The Morgan fingerprint density at radius 3 is 2.59 bits per heavy atom. The van der Waals surface area contributed by atoms with Crippen LogP contribution in [0.4, 0.5) is 0 Å². The average molecular weight is 566 g/mol. The molecule has 3 heterocycles. The summed E-state index contributed by atoms with van der Waals surface area (Å²) in [6, 6.07) is 0. The molecule has 0 aromatic rings. The topological polar surface area (TPSA) is 65.1 Å². The van der Waals surface area contributed by atoms with Crippen LogP contribution in [0.5, 0.6) is 0 Å². The maximum Gasteiger partial charge on any atom is 0.331 e. The monoisotopic (exact) mass is 565 g/mol. The number of fused-ring (bicyclic) bond motifs is 7. The van der Waals surface area contributed by atoms with Crippen LogP contribution in [0.3, 0.4) is 0 Å². The first kappa shape index (κ1) is 28.1. The second kappa shape index (κ2) is 10.2. The fourth-order valence-electron chi connectivity index (χ4n) is 11.1. The van der Waals surface area contributed by atoms with E-state index in [1.54, 1.807) is 4.90 Å². The normalized spacial score (nSPS) is 48.9. The fourth-order valence-corrected chi connectivity index (χ4v) is 11.1. The van der Waals surface area contributed by atoms with Crippen molar-refractivity contribution in [1.82, 2.24) is 4.90 Å². The first-order valence-corrected chi connectivity index (χ1v) is 16.8. The smallest absolute Gasteiger partial charge is 0.331 e. The molecule has 0 unspecified atom stereocenters. The molecule has 1 spiro atoms. The van der Waals surface area contributed by atoms with Gasteiger partial charge in [-0.05, 0) is 98.2 Å². The van der Waals surface area contributed by atoms with Crippen molar-refractivity contribution in [2.45, 2.75) is 116 Å². The molecule has 7 aliphatic rings. The van der Waals surface area contributed by atoms with Gasteiger partial charge in [-0.3, -0.25) is 4.79 Å². The molecule has 7 rings (SSSR count). The highest BCUT2D eigenvalue weighted by molar-refractivity contribution is 5.94. The van der Waals surface area contributed by atoms with Crippen LogP contribution in [0.25, 0.3) is 0 Å². The summed E-state index contributed by atoms with van der Waals surface area (Å²) in [5.74, 6) is 3.02. The summed E-state index contributed by atoms with van der Waals surface area (Å²) < 4.78 is 19.3. The molecule has 226 valence electrons. The van der Waals surface area contributed by atoms with Crippen molar-refractivity contribution < 1.29 is 23.8 Å². The zero-order chi connectivity index (χ0) is 28.6. The van der Waals surface area contributed by atoms with E-state index in [1.807, 2.05) is 0 Å². The molecule has 4 aliphatic carbocycles. The van der Waals surface area contributed by atoms with Gasteiger partial charge in [0, 0.05) is 44.0 Å². The van der Waals surface area contributed by atoms with Crippen molar-refractivity contribution >= 4 is 11.9 Å². The van der Waals surface area contributed by atoms with Crippen molar-refractivity contribution in [2.24, 2.45) is 46.3 Å². The summed E-state index contributed by atoms with van der Waals surface area (Å²) >= 11 is 0. The molecular formula is C35H51NO5. The predicted molar refractivity (Wildman–Crippen MR) is 157 cm³/mol. The molecule has 6 fully saturated rings. The van der Waals surface area contributed by atoms with Crippen LogP contribution in [-0.2, 0) is 23.8 Å². The molecule has 0 N–H and O–H groups in total. The molecule has 1 amide bonds. The van der Waals surface area contributed by atoms with E-state index in [2.05, 4.69) is 33.8 Å². The summed E-state index contributed by atoms with van der Waals surface area (Å²) in [6.45, 7) is 12.2. The number of ether oxygens (including phenoxy) is 3. The molecule has 3 saturated heterocycles. The third-order valence-corrected chi connectivity index (χ3v) is 13.4. The molecule has 6 nitrogen and oxygen atoms in total. The van der Waals surface area contributed by atoms with Crippen LogP contribution in [0, 0.1) is 46.3 Å². The number of carbonyl (C=O) groups is 2. The van der Waals surface area contributed by atoms with Gasteiger partial charge in [0.25, 0.3) is 0 Å². The summed E-state index contributed by atoms with van der Waals surface area (Å²) in [6.07, 6.45) is 17.6. The largest absolute Gasteiger partial charge is 0.459 e. The molecule has 11 atom stereocenters. The van der Waals surface area contributed by atoms with Gasteiger partial charge in [-0.1, -0.05) is 39.3 Å². The molecular weight excluding hydrogens is 514 g/mol. The van der Waals surface area contributed by atoms with E-state index in [0.29, 0.717) is 47.0 Å². The van der Waals surface area contributed by atoms with Gasteiger partial charge < -0.3 is 19.1 Å². The Bertz CT molecular complexity index is 1120. The molecule has 0 aromatic heterocycles. The van der Waals surface area contributed by atoms with E-state index in [-0.39, 0.29) is 29.2 Å². The van der Waals surface area contributed by atoms with Gasteiger partial charge in [0.2, 0.25) is 5.91 Å². The second-order valence-electron chi connectivity index (χ2n) is 15.4. The van der Waals surface area contributed by atoms with Crippen LogP contribution < -0.4 is 0 Å². The third kappa shape index (κ3) is 4.48. The molecule has 3 aliphatic heterocycles. The number of likely N-dealkylation sites (tertiary alicyclic amines) is 1. The molecule has 3 saturated carbocycles. The predicted octanol–water partition coefficient (Wildman–Crippen LogP) is 6.44. The fraction of sp³-hybridized carbons (Fsp3) is 0.829. The molecule has 0 radical (unpaired) electrons. The van der Waals surface area contributed by atoms with Gasteiger partial charge in [-0.2, -0.15) is 0 Å². The van der Waals surface area contributed by atoms with Gasteiger partial charge in [-0.25, -0.2) is 4.79 Å². The summed E-state index contributed by atoms with van der Waals surface area (Å²) in [5.41, 5.74) is 2.03. The Morgan fingerprint density at radius 2 is 1.83 bits per heavy atom. The highest BCUT2D eigenvalue weighted by Gasteiger charge is 2.68. The Hall–Kier alpha value is -1.66. The van der Waals surface area contributed by atoms with Crippen molar-refractivity contribution in [3.05, 3.63) is 23.8 Å². The van der Waals surface area contributed by atoms with Crippen LogP contribution in [0.2, 0.25) is 0 Å².